The van der Waals surface area contributed by atoms with Crippen LogP contribution in [0.4, 0.5) is 9.59 Å². The summed E-state index contributed by atoms with van der Waals surface area (Å²) in [7, 11) is 0. The van der Waals surface area contributed by atoms with Crippen LogP contribution in [0, 0.1) is 0 Å². The second kappa shape index (κ2) is 11.9. The Labute approximate surface area is 215 Å². The Morgan fingerprint density at radius 2 is 1.17 bits per heavy atom. The Kier molecular flexibility index (Phi) is 9.51. The van der Waals surface area contributed by atoms with Crippen LogP contribution >= 0.6 is 0 Å². The van der Waals surface area contributed by atoms with E-state index in [-0.39, 0.29) is 6.61 Å². The first-order valence-corrected chi connectivity index (χ1v) is 12.2. The van der Waals surface area contributed by atoms with Crippen molar-refractivity contribution in [3.8, 4) is 0 Å². The van der Waals surface area contributed by atoms with Crippen LogP contribution in [0.3, 0.4) is 0 Å². The average molecular weight is 493 g/mol. The van der Waals surface area contributed by atoms with Crippen LogP contribution < -0.4 is 10.6 Å². The van der Waals surface area contributed by atoms with E-state index in [9.17, 15) is 9.59 Å². The molecule has 0 heterocycles. The number of hydrogen-bond donors (Lipinski definition) is 2. The van der Waals surface area contributed by atoms with Gasteiger partial charge in [0.1, 0.15) is 12.7 Å². The van der Waals surface area contributed by atoms with Crippen molar-refractivity contribution in [2.45, 2.75) is 72.1 Å². The molecular formula is C30H40N2O4. The molecule has 1 atom stereocenters. The number of hydrogen-bond acceptors (Lipinski definition) is 4. The fraction of sp³-hybridized carbons (Fsp3) is 0.400. The van der Waals surface area contributed by atoms with Crippen LogP contribution in [0.25, 0.3) is 11.1 Å². The number of allylic oxidation sites excluding steroid dienone is 2. The van der Waals surface area contributed by atoms with Gasteiger partial charge in [-0.15, -0.1) is 0 Å². The molecule has 0 aliphatic rings. The third-order valence-electron chi connectivity index (χ3n) is 6.16. The highest BCUT2D eigenvalue weighted by atomic mass is 16.6. The van der Waals surface area contributed by atoms with E-state index >= 15 is 0 Å². The number of rotatable bonds is 10. The van der Waals surface area contributed by atoms with Crippen molar-refractivity contribution in [2.24, 2.45) is 0 Å². The molecule has 0 fully saturated rings. The van der Waals surface area contributed by atoms with E-state index in [0.717, 1.165) is 33.4 Å². The quantitative estimate of drug-likeness (QED) is 0.369. The van der Waals surface area contributed by atoms with Gasteiger partial charge in [0.15, 0.2) is 0 Å². The molecule has 2 N–H and O–H groups in total. The summed E-state index contributed by atoms with van der Waals surface area (Å²) < 4.78 is 10.9. The van der Waals surface area contributed by atoms with Crippen molar-refractivity contribution in [3.05, 3.63) is 83.9 Å². The Hall–Kier alpha value is -3.54. The second-order valence-corrected chi connectivity index (χ2v) is 10.2. The molecule has 0 radical (unpaired) electrons. The first-order valence-electron chi connectivity index (χ1n) is 12.2. The highest BCUT2D eigenvalue weighted by Gasteiger charge is 2.27. The Balaban J connectivity index is 1.90. The first kappa shape index (κ1) is 28.7. The normalized spacial score (nSPS) is 12.3. The maximum atomic E-state index is 12.6. The van der Waals surface area contributed by atoms with Gasteiger partial charge in [0.2, 0.25) is 0 Å². The van der Waals surface area contributed by atoms with Gasteiger partial charge in [-0.05, 0) is 70.2 Å². The lowest BCUT2D eigenvalue weighted by Crippen LogP contribution is -2.44. The van der Waals surface area contributed by atoms with E-state index in [0.29, 0.717) is 6.42 Å². The summed E-state index contributed by atoms with van der Waals surface area (Å²) in [5.74, 6) is 0. The van der Waals surface area contributed by atoms with Crippen molar-refractivity contribution in [1.29, 1.82) is 0 Å². The second-order valence-electron chi connectivity index (χ2n) is 10.2. The number of carbonyl (C=O) groups excluding carboxylic acids is 2. The molecule has 0 saturated heterocycles. The maximum Gasteiger partial charge on any atom is 0.408 e. The topological polar surface area (TPSA) is 76.7 Å². The van der Waals surface area contributed by atoms with Crippen LogP contribution in [0.5, 0.6) is 0 Å². The number of alkyl carbamates (subject to hydrolysis) is 2. The van der Waals surface area contributed by atoms with Crippen LogP contribution in [-0.4, -0.2) is 24.9 Å². The summed E-state index contributed by atoms with van der Waals surface area (Å²) in [4.78, 5) is 25.1. The highest BCUT2D eigenvalue weighted by molar-refractivity contribution is 5.70. The summed E-state index contributed by atoms with van der Waals surface area (Å²) in [5.41, 5.74) is 4.63. The van der Waals surface area contributed by atoms with Crippen LogP contribution in [0.15, 0.2) is 61.7 Å². The molecule has 2 aromatic carbocycles. The van der Waals surface area contributed by atoms with Crippen molar-refractivity contribution in [1.82, 2.24) is 10.6 Å². The lowest BCUT2D eigenvalue weighted by atomic mass is 9.93. The molecule has 2 rings (SSSR count). The zero-order valence-electron chi connectivity index (χ0n) is 22.7. The van der Waals surface area contributed by atoms with E-state index in [1.54, 1.807) is 0 Å². The Morgan fingerprint density at radius 1 is 0.778 bits per heavy atom. The summed E-state index contributed by atoms with van der Waals surface area (Å²) in [5, 5.41) is 5.78. The van der Waals surface area contributed by atoms with Gasteiger partial charge < -0.3 is 20.1 Å². The lowest BCUT2D eigenvalue weighted by Gasteiger charge is -2.29. The Morgan fingerprint density at radius 3 is 1.53 bits per heavy atom. The van der Waals surface area contributed by atoms with Gasteiger partial charge in [-0.2, -0.15) is 0 Å². The summed E-state index contributed by atoms with van der Waals surface area (Å²) in [6.07, 6.45) is -1.22. The van der Waals surface area contributed by atoms with Crippen LogP contribution in [0.1, 0.15) is 77.1 Å². The molecule has 0 aliphatic carbocycles. The average Bonchev–Trinajstić information content (AvgIpc) is 2.81. The molecule has 0 aromatic heterocycles. The zero-order valence-corrected chi connectivity index (χ0v) is 22.7. The fourth-order valence-corrected chi connectivity index (χ4v) is 3.62. The van der Waals surface area contributed by atoms with E-state index in [4.69, 9.17) is 9.47 Å². The SMILES string of the molecule is C=C(C)c1ccc(C(C)(C)NC(=O)OCC(CC)OC(=O)NC(C)(C)c2ccc(C(=C)C)cc2)cc1. The largest absolute Gasteiger partial charge is 0.446 e. The molecule has 0 saturated carbocycles. The van der Waals surface area contributed by atoms with Crippen LogP contribution in [-0.2, 0) is 20.6 Å². The molecule has 2 aromatic rings. The standard InChI is InChI=1S/C30H40N2O4/c1-10-26(36-28(34)32-30(8,9)25-17-13-23(14-18-25)21(4)5)19-35-27(33)31-29(6,7)24-15-11-22(12-16-24)20(2)3/h11-18,26H,2,4,10,19H2,1,3,5-9H3,(H,31,33)(H,32,34). The van der Waals surface area contributed by atoms with E-state index in [1.807, 2.05) is 97.0 Å². The predicted octanol–water partition coefficient (Wildman–Crippen LogP) is 7.15. The van der Waals surface area contributed by atoms with Gasteiger partial charge in [-0.25, -0.2) is 9.59 Å². The summed E-state index contributed by atoms with van der Waals surface area (Å²) >= 11 is 0. The van der Waals surface area contributed by atoms with E-state index in [2.05, 4.69) is 23.8 Å². The number of ether oxygens (including phenoxy) is 2. The van der Waals surface area contributed by atoms with Gasteiger partial charge in [-0.3, -0.25) is 0 Å². The van der Waals surface area contributed by atoms with Crippen LogP contribution in [0.2, 0.25) is 0 Å². The third kappa shape index (κ3) is 8.01. The van der Waals surface area contributed by atoms with E-state index in [1.165, 1.54) is 0 Å². The number of nitrogens with one attached hydrogen (secondary N) is 2. The molecule has 0 spiro atoms. The van der Waals surface area contributed by atoms with Crippen molar-refractivity contribution >= 4 is 23.3 Å². The highest BCUT2D eigenvalue weighted by Crippen LogP contribution is 2.24. The molecule has 2 amide bonds. The minimum atomic E-state index is -0.648. The smallest absolute Gasteiger partial charge is 0.408 e. The minimum absolute atomic E-state index is 0.0475. The molecule has 0 aliphatic heterocycles. The lowest BCUT2D eigenvalue weighted by molar-refractivity contribution is 0.0367. The molecule has 36 heavy (non-hydrogen) atoms. The van der Waals surface area contributed by atoms with E-state index < -0.39 is 29.4 Å². The third-order valence-corrected chi connectivity index (χ3v) is 6.16. The van der Waals surface area contributed by atoms with Crippen molar-refractivity contribution < 1.29 is 19.1 Å². The minimum Gasteiger partial charge on any atom is -0.446 e. The first-order chi connectivity index (χ1) is 16.7. The van der Waals surface area contributed by atoms with Gasteiger partial charge >= 0.3 is 12.2 Å². The fourth-order valence-electron chi connectivity index (χ4n) is 3.62. The van der Waals surface area contributed by atoms with Crippen molar-refractivity contribution in [3.63, 3.8) is 0 Å². The molecule has 6 heteroatoms. The summed E-state index contributed by atoms with van der Waals surface area (Å²) in [6.45, 7) is 21.2. The van der Waals surface area contributed by atoms with Crippen molar-refractivity contribution in [2.75, 3.05) is 6.61 Å². The summed E-state index contributed by atoms with van der Waals surface area (Å²) in [6, 6.07) is 15.7. The van der Waals surface area contributed by atoms with Gasteiger partial charge in [0.25, 0.3) is 0 Å². The maximum absolute atomic E-state index is 12.6. The zero-order chi connectivity index (χ0) is 27.1. The Bertz CT molecular complexity index is 1080. The number of carbonyl (C=O) groups is 2. The molecule has 0 bridgehead atoms. The molecular weight excluding hydrogens is 452 g/mol. The molecule has 6 nitrogen and oxygen atoms in total. The van der Waals surface area contributed by atoms with Gasteiger partial charge in [0.05, 0.1) is 11.1 Å². The van der Waals surface area contributed by atoms with Gasteiger partial charge in [0, 0.05) is 0 Å². The van der Waals surface area contributed by atoms with Gasteiger partial charge in [-0.1, -0.05) is 79.8 Å². The molecule has 1 unspecified atom stereocenters. The number of amides is 2. The number of benzene rings is 2. The molecule has 194 valence electrons. The monoisotopic (exact) mass is 492 g/mol. The predicted molar refractivity (Wildman–Crippen MR) is 147 cm³/mol.